The number of aromatic carboxylic acids is 1. The van der Waals surface area contributed by atoms with Crippen molar-refractivity contribution >= 4 is 28.5 Å². The molecule has 0 saturated carbocycles. The summed E-state index contributed by atoms with van der Waals surface area (Å²) in [5, 5.41) is 9.97. The number of ether oxygens (including phenoxy) is 1. The number of hydrogen-bond acceptors (Lipinski definition) is 3. The van der Waals surface area contributed by atoms with Crippen molar-refractivity contribution in [1.82, 2.24) is 4.98 Å². The van der Waals surface area contributed by atoms with Crippen LogP contribution in [0.25, 0.3) is 10.9 Å². The van der Waals surface area contributed by atoms with Crippen LogP contribution >= 0.6 is 11.6 Å². The Hall–Kier alpha value is -1.81. The van der Waals surface area contributed by atoms with Gasteiger partial charge in [0.15, 0.2) is 0 Å². The molecule has 0 fully saturated rings. The van der Waals surface area contributed by atoms with Crippen LogP contribution in [0.15, 0.2) is 18.2 Å². The molecule has 0 atom stereocenters. The standard InChI is InChI=1S/C13H12ClNO3/c1-3-7-8-5-4-6-9(18-2)11(8)15-12(14)10(7)13(16)17/h4-6H,3H2,1-2H3,(H,16,17). The summed E-state index contributed by atoms with van der Waals surface area (Å²) in [4.78, 5) is 15.4. The molecule has 0 aliphatic rings. The van der Waals surface area contributed by atoms with E-state index in [-0.39, 0.29) is 10.7 Å². The second-order valence-corrected chi connectivity index (χ2v) is 4.13. The summed E-state index contributed by atoms with van der Waals surface area (Å²) in [6.45, 7) is 1.89. The Morgan fingerprint density at radius 2 is 2.22 bits per heavy atom. The Balaban J connectivity index is 2.92. The fourth-order valence-corrected chi connectivity index (χ4v) is 2.32. The van der Waals surface area contributed by atoms with Gasteiger partial charge in [0.1, 0.15) is 22.0 Å². The molecule has 1 aromatic heterocycles. The van der Waals surface area contributed by atoms with Crippen LogP contribution in [0.4, 0.5) is 0 Å². The summed E-state index contributed by atoms with van der Waals surface area (Å²) < 4.78 is 5.21. The minimum absolute atomic E-state index is 0.00338. The van der Waals surface area contributed by atoms with E-state index in [0.717, 1.165) is 5.39 Å². The van der Waals surface area contributed by atoms with Crippen LogP contribution in [-0.4, -0.2) is 23.2 Å². The lowest BCUT2D eigenvalue weighted by Crippen LogP contribution is -2.06. The number of carboxylic acid groups (broad SMARTS) is 1. The molecule has 4 nitrogen and oxygen atoms in total. The first-order valence-electron chi connectivity index (χ1n) is 5.48. The minimum Gasteiger partial charge on any atom is -0.494 e. The third-order valence-corrected chi connectivity index (χ3v) is 3.10. The molecule has 0 unspecified atom stereocenters. The fourth-order valence-electron chi connectivity index (χ4n) is 2.04. The van der Waals surface area contributed by atoms with E-state index in [9.17, 15) is 9.90 Å². The lowest BCUT2D eigenvalue weighted by atomic mass is 10.0. The van der Waals surface area contributed by atoms with Gasteiger partial charge in [-0.25, -0.2) is 9.78 Å². The Bertz CT molecular complexity index is 625. The van der Waals surface area contributed by atoms with E-state index >= 15 is 0 Å². The van der Waals surface area contributed by atoms with Crippen LogP contribution < -0.4 is 4.74 Å². The van der Waals surface area contributed by atoms with Gasteiger partial charge in [0.05, 0.1) is 7.11 Å². The molecule has 0 amide bonds. The highest BCUT2D eigenvalue weighted by Crippen LogP contribution is 2.32. The minimum atomic E-state index is -1.06. The van der Waals surface area contributed by atoms with Gasteiger partial charge in [-0.2, -0.15) is 0 Å². The van der Waals surface area contributed by atoms with Gasteiger partial charge in [0, 0.05) is 5.39 Å². The molecule has 0 aliphatic carbocycles. The average molecular weight is 266 g/mol. The van der Waals surface area contributed by atoms with E-state index in [0.29, 0.717) is 23.3 Å². The van der Waals surface area contributed by atoms with E-state index in [1.54, 1.807) is 13.2 Å². The van der Waals surface area contributed by atoms with Gasteiger partial charge < -0.3 is 9.84 Å². The maximum absolute atomic E-state index is 11.2. The number of rotatable bonds is 3. The second kappa shape index (κ2) is 4.82. The van der Waals surface area contributed by atoms with Crippen LogP contribution in [0, 0.1) is 0 Å². The lowest BCUT2D eigenvalue weighted by Gasteiger charge is -2.12. The van der Waals surface area contributed by atoms with Gasteiger partial charge in [0.2, 0.25) is 0 Å². The maximum Gasteiger partial charge on any atom is 0.339 e. The molecule has 2 aromatic rings. The number of pyridine rings is 1. The van der Waals surface area contributed by atoms with Crippen molar-refractivity contribution in [3.8, 4) is 5.75 Å². The smallest absolute Gasteiger partial charge is 0.339 e. The highest BCUT2D eigenvalue weighted by molar-refractivity contribution is 6.33. The molecule has 0 spiro atoms. The molecule has 2 rings (SSSR count). The van der Waals surface area contributed by atoms with E-state index in [4.69, 9.17) is 16.3 Å². The van der Waals surface area contributed by atoms with Gasteiger partial charge in [-0.05, 0) is 18.1 Å². The maximum atomic E-state index is 11.2. The van der Waals surface area contributed by atoms with Crippen molar-refractivity contribution in [3.05, 3.63) is 34.5 Å². The Morgan fingerprint density at radius 3 is 2.78 bits per heavy atom. The van der Waals surface area contributed by atoms with Crippen LogP contribution in [0.3, 0.4) is 0 Å². The van der Waals surface area contributed by atoms with Gasteiger partial charge in [-0.15, -0.1) is 0 Å². The zero-order valence-corrected chi connectivity index (χ0v) is 10.8. The summed E-state index contributed by atoms with van der Waals surface area (Å²) in [6, 6.07) is 5.40. The molecule has 0 bridgehead atoms. The van der Waals surface area contributed by atoms with E-state index < -0.39 is 5.97 Å². The number of aromatic nitrogens is 1. The van der Waals surface area contributed by atoms with Gasteiger partial charge >= 0.3 is 5.97 Å². The van der Waals surface area contributed by atoms with E-state index in [2.05, 4.69) is 4.98 Å². The first-order valence-corrected chi connectivity index (χ1v) is 5.86. The predicted molar refractivity (Wildman–Crippen MR) is 69.6 cm³/mol. The van der Waals surface area contributed by atoms with Gasteiger partial charge in [-0.3, -0.25) is 0 Å². The molecular formula is C13H12ClNO3. The molecular weight excluding hydrogens is 254 g/mol. The highest BCUT2D eigenvalue weighted by atomic mass is 35.5. The summed E-state index contributed by atoms with van der Waals surface area (Å²) >= 11 is 5.96. The Kier molecular flexibility index (Phi) is 3.39. The number of hydrogen-bond donors (Lipinski definition) is 1. The number of benzene rings is 1. The summed E-state index contributed by atoms with van der Waals surface area (Å²) in [5.41, 5.74) is 1.34. The largest absolute Gasteiger partial charge is 0.494 e. The molecule has 18 heavy (non-hydrogen) atoms. The Labute approximate surface area is 109 Å². The topological polar surface area (TPSA) is 59.4 Å². The third-order valence-electron chi connectivity index (χ3n) is 2.83. The number of para-hydroxylation sites is 1. The van der Waals surface area contributed by atoms with E-state index in [1.807, 2.05) is 19.1 Å². The van der Waals surface area contributed by atoms with Crippen LogP contribution in [0.5, 0.6) is 5.75 Å². The monoisotopic (exact) mass is 265 g/mol. The van der Waals surface area contributed by atoms with Crippen LogP contribution in [0.1, 0.15) is 22.8 Å². The molecule has 1 heterocycles. The molecule has 0 saturated heterocycles. The van der Waals surface area contributed by atoms with Crippen molar-refractivity contribution in [2.45, 2.75) is 13.3 Å². The molecule has 1 aromatic carbocycles. The molecule has 0 radical (unpaired) electrons. The van der Waals surface area contributed by atoms with Crippen molar-refractivity contribution in [1.29, 1.82) is 0 Å². The zero-order chi connectivity index (χ0) is 13.3. The number of carboxylic acids is 1. The van der Waals surface area contributed by atoms with Crippen molar-refractivity contribution < 1.29 is 14.6 Å². The van der Waals surface area contributed by atoms with Crippen molar-refractivity contribution in [3.63, 3.8) is 0 Å². The summed E-state index contributed by atoms with van der Waals surface area (Å²) in [6.07, 6.45) is 0.563. The molecule has 0 aliphatic heterocycles. The van der Waals surface area contributed by atoms with Gasteiger partial charge in [0.25, 0.3) is 0 Å². The first-order chi connectivity index (χ1) is 8.60. The number of nitrogens with zero attached hydrogens (tertiary/aromatic N) is 1. The van der Waals surface area contributed by atoms with Gasteiger partial charge in [-0.1, -0.05) is 30.7 Å². The number of halogens is 1. The summed E-state index contributed by atoms with van der Waals surface area (Å²) in [7, 11) is 1.54. The SMILES string of the molecule is CCc1c(C(=O)O)c(Cl)nc2c(OC)cccc12. The van der Waals surface area contributed by atoms with Crippen molar-refractivity contribution in [2.24, 2.45) is 0 Å². The third kappa shape index (κ3) is 1.88. The highest BCUT2D eigenvalue weighted by Gasteiger charge is 2.19. The predicted octanol–water partition coefficient (Wildman–Crippen LogP) is 3.16. The first kappa shape index (κ1) is 12.6. The van der Waals surface area contributed by atoms with E-state index in [1.165, 1.54) is 0 Å². The fraction of sp³-hybridized carbons (Fsp3) is 0.231. The normalized spacial score (nSPS) is 10.6. The lowest BCUT2D eigenvalue weighted by molar-refractivity contribution is 0.0695. The molecule has 5 heteroatoms. The molecule has 1 N–H and O–H groups in total. The van der Waals surface area contributed by atoms with Crippen LogP contribution in [0.2, 0.25) is 5.15 Å². The van der Waals surface area contributed by atoms with Crippen LogP contribution in [-0.2, 0) is 6.42 Å². The number of fused-ring (bicyclic) bond motifs is 1. The number of carbonyl (C=O) groups is 1. The zero-order valence-electron chi connectivity index (χ0n) is 10.0. The van der Waals surface area contributed by atoms with Crippen molar-refractivity contribution in [2.75, 3.05) is 7.11 Å². The second-order valence-electron chi connectivity index (χ2n) is 3.77. The molecule has 94 valence electrons. The Morgan fingerprint density at radius 1 is 1.50 bits per heavy atom. The number of methoxy groups -OCH3 is 1. The number of aryl methyl sites for hydroxylation is 1. The average Bonchev–Trinajstić information content (AvgIpc) is 2.35. The quantitative estimate of drug-likeness (QED) is 0.866. The summed E-state index contributed by atoms with van der Waals surface area (Å²) in [5.74, 6) is -0.477.